The fourth-order valence-electron chi connectivity index (χ4n) is 0.460. The molecule has 1 unspecified atom stereocenters. The summed E-state index contributed by atoms with van der Waals surface area (Å²) in [6, 6.07) is 0. The van der Waals surface area contributed by atoms with E-state index in [0.717, 1.165) is 12.2 Å². The van der Waals surface area contributed by atoms with E-state index >= 15 is 0 Å². The summed E-state index contributed by atoms with van der Waals surface area (Å²) in [5, 5.41) is 8.16. The highest BCUT2D eigenvalue weighted by molar-refractivity contribution is 6.09. The van der Waals surface area contributed by atoms with E-state index in [4.69, 9.17) is 9.84 Å². The monoisotopic (exact) mass is 170 g/mol. The van der Waals surface area contributed by atoms with Crippen molar-refractivity contribution in [2.24, 2.45) is 0 Å². The number of carboxylic acids is 1. The first-order valence-corrected chi connectivity index (χ1v) is 3.68. The van der Waals surface area contributed by atoms with Gasteiger partial charge < -0.3 is 9.84 Å². The van der Waals surface area contributed by atoms with Crippen LogP contribution in [-0.4, -0.2) is 31.0 Å². The lowest BCUT2D eigenvalue weighted by Gasteiger charge is -2.07. The fraction of sp³-hybridized carbons (Fsp3) is 0.429. The molecule has 0 saturated heterocycles. The number of carbonyl (C=O) groups excluding carboxylic acids is 1. The van der Waals surface area contributed by atoms with E-state index in [-0.39, 0.29) is 6.10 Å². The van der Waals surface area contributed by atoms with Crippen LogP contribution in [-0.2, 0) is 14.3 Å². The summed E-state index contributed by atoms with van der Waals surface area (Å²) in [6.45, 7) is 1.74. The van der Waals surface area contributed by atoms with Crippen molar-refractivity contribution in [1.29, 1.82) is 0 Å². The molecule has 0 bridgehead atoms. The highest BCUT2D eigenvalue weighted by Crippen LogP contribution is 1.95. The topological polar surface area (TPSA) is 63.6 Å². The van der Waals surface area contributed by atoms with Crippen LogP contribution in [0.5, 0.6) is 0 Å². The van der Waals surface area contributed by atoms with Crippen molar-refractivity contribution in [2.45, 2.75) is 19.3 Å². The van der Waals surface area contributed by atoms with Crippen LogP contribution < -0.4 is 0 Å². The Bertz CT molecular complexity index is 200. The molecule has 0 aliphatic carbocycles. The predicted octanol–water partition coefficient (Wildman–Crippen LogP) is -0.390. The van der Waals surface area contributed by atoms with E-state index in [9.17, 15) is 9.59 Å². The lowest BCUT2D eigenvalue weighted by molar-refractivity contribution is -0.142. The maximum atomic E-state index is 10.7. The van der Waals surface area contributed by atoms with Gasteiger partial charge in [-0.15, -0.1) is 0 Å². The van der Waals surface area contributed by atoms with Crippen molar-refractivity contribution in [2.75, 3.05) is 0 Å². The van der Waals surface area contributed by atoms with Crippen molar-refractivity contribution in [3.63, 3.8) is 0 Å². The molecule has 0 amide bonds. The van der Waals surface area contributed by atoms with Gasteiger partial charge in [0.05, 0.1) is 6.10 Å². The van der Waals surface area contributed by atoms with Gasteiger partial charge in [-0.2, -0.15) is 0 Å². The molecule has 0 aromatic carbocycles. The molecule has 12 heavy (non-hydrogen) atoms. The Hall–Kier alpha value is -1.26. The van der Waals surface area contributed by atoms with Crippen LogP contribution in [0.25, 0.3) is 0 Å². The van der Waals surface area contributed by atoms with Crippen molar-refractivity contribution in [3.8, 4) is 0 Å². The molecule has 0 radical (unpaired) electrons. The third kappa shape index (κ3) is 5.52. The number of carboxylic acid groups (broad SMARTS) is 1. The number of esters is 1. The number of aliphatic carboxylic acids is 1. The smallest absolute Gasteiger partial charge is 0.331 e. The van der Waals surface area contributed by atoms with Crippen LogP contribution >= 0.6 is 0 Å². The minimum Gasteiger partial charge on any atom is -0.478 e. The normalized spacial score (nSPS) is 12.8. The van der Waals surface area contributed by atoms with Crippen LogP contribution in [0.4, 0.5) is 0 Å². The summed E-state index contributed by atoms with van der Waals surface area (Å²) in [4.78, 5) is 20.7. The molecule has 0 rings (SSSR count). The number of hydrogen-bond acceptors (Lipinski definition) is 3. The number of hydrogen-bond donors (Lipinski definition) is 1. The lowest BCUT2D eigenvalue weighted by atomic mass is 10.0. The van der Waals surface area contributed by atoms with Crippen molar-refractivity contribution in [1.82, 2.24) is 0 Å². The van der Waals surface area contributed by atoms with Gasteiger partial charge in [-0.05, 0) is 13.2 Å². The first-order valence-electron chi connectivity index (χ1n) is 3.68. The Labute approximate surface area is 71.6 Å². The standard InChI is InChI=1S/C7H11BO4/c1-5(4-8)12-7(11)3-2-6(9)10/h2-3,5H,4,8H2,1H3,(H,9,10)/b3-2+. The van der Waals surface area contributed by atoms with Crippen molar-refractivity contribution in [3.05, 3.63) is 12.2 Å². The van der Waals surface area contributed by atoms with Gasteiger partial charge in [-0.25, -0.2) is 9.59 Å². The molecule has 0 spiro atoms. The largest absolute Gasteiger partial charge is 0.478 e. The van der Waals surface area contributed by atoms with Gasteiger partial charge in [-0.3, -0.25) is 0 Å². The second kappa shape index (κ2) is 5.40. The average Bonchev–Trinajstić information content (AvgIpc) is 2.00. The van der Waals surface area contributed by atoms with Crippen LogP contribution in [0.2, 0.25) is 6.32 Å². The van der Waals surface area contributed by atoms with E-state index in [1.807, 2.05) is 7.85 Å². The fourth-order valence-corrected chi connectivity index (χ4v) is 0.460. The first kappa shape index (κ1) is 10.7. The van der Waals surface area contributed by atoms with Crippen molar-refractivity contribution >= 4 is 19.8 Å². The lowest BCUT2D eigenvalue weighted by Crippen LogP contribution is -2.12. The Kier molecular flexibility index (Phi) is 4.84. The second-order valence-corrected chi connectivity index (χ2v) is 2.33. The molecule has 1 atom stereocenters. The highest BCUT2D eigenvalue weighted by Gasteiger charge is 2.03. The summed E-state index contributed by atoms with van der Waals surface area (Å²) in [5.74, 6) is -1.78. The number of rotatable bonds is 4. The summed E-state index contributed by atoms with van der Waals surface area (Å²) < 4.78 is 4.76. The third-order valence-electron chi connectivity index (χ3n) is 1.25. The van der Waals surface area contributed by atoms with Gasteiger partial charge in [0, 0.05) is 12.2 Å². The second-order valence-electron chi connectivity index (χ2n) is 2.33. The average molecular weight is 170 g/mol. The number of carbonyl (C=O) groups is 2. The molecule has 66 valence electrons. The molecule has 0 aliphatic rings. The highest BCUT2D eigenvalue weighted by atomic mass is 16.5. The van der Waals surface area contributed by atoms with E-state index < -0.39 is 11.9 Å². The molecule has 0 heterocycles. The molecular weight excluding hydrogens is 159 g/mol. The molecule has 0 fully saturated rings. The third-order valence-corrected chi connectivity index (χ3v) is 1.25. The van der Waals surface area contributed by atoms with E-state index in [1.165, 1.54) is 0 Å². The van der Waals surface area contributed by atoms with Crippen LogP contribution in [0, 0.1) is 0 Å². The maximum Gasteiger partial charge on any atom is 0.331 e. The Balaban J connectivity index is 3.81. The molecule has 0 saturated carbocycles. The summed E-state index contributed by atoms with van der Waals surface area (Å²) in [6.07, 6.45) is 2.20. The molecule has 5 heteroatoms. The summed E-state index contributed by atoms with van der Waals surface area (Å²) in [5.41, 5.74) is 0. The molecular formula is C7H11BO4. The molecule has 0 aromatic heterocycles. The Morgan fingerprint density at radius 2 is 2.17 bits per heavy atom. The van der Waals surface area contributed by atoms with Gasteiger partial charge in [0.1, 0.15) is 7.85 Å². The van der Waals surface area contributed by atoms with E-state index in [2.05, 4.69) is 0 Å². The molecule has 4 nitrogen and oxygen atoms in total. The maximum absolute atomic E-state index is 10.7. The molecule has 0 aliphatic heterocycles. The van der Waals surface area contributed by atoms with Crippen LogP contribution in [0.15, 0.2) is 12.2 Å². The Morgan fingerprint density at radius 3 is 2.58 bits per heavy atom. The molecule has 0 aromatic rings. The van der Waals surface area contributed by atoms with Gasteiger partial charge >= 0.3 is 11.9 Å². The zero-order chi connectivity index (χ0) is 9.56. The number of ether oxygens (including phenoxy) is 1. The van der Waals surface area contributed by atoms with Gasteiger partial charge in [-0.1, -0.05) is 0 Å². The Morgan fingerprint density at radius 1 is 1.58 bits per heavy atom. The zero-order valence-corrected chi connectivity index (χ0v) is 7.11. The molecule has 1 N–H and O–H groups in total. The summed E-state index contributed by atoms with van der Waals surface area (Å²) in [7, 11) is 1.87. The van der Waals surface area contributed by atoms with Gasteiger partial charge in [0.15, 0.2) is 0 Å². The van der Waals surface area contributed by atoms with Crippen LogP contribution in [0.1, 0.15) is 6.92 Å². The summed E-state index contributed by atoms with van der Waals surface area (Å²) >= 11 is 0. The van der Waals surface area contributed by atoms with E-state index in [1.54, 1.807) is 6.92 Å². The quantitative estimate of drug-likeness (QED) is 0.354. The van der Waals surface area contributed by atoms with Gasteiger partial charge in [0.2, 0.25) is 0 Å². The first-order chi connectivity index (χ1) is 5.56. The zero-order valence-electron chi connectivity index (χ0n) is 7.11. The van der Waals surface area contributed by atoms with Crippen molar-refractivity contribution < 1.29 is 19.4 Å². The predicted molar refractivity (Wildman–Crippen MR) is 45.7 cm³/mol. The van der Waals surface area contributed by atoms with Crippen LogP contribution in [0.3, 0.4) is 0 Å². The minimum atomic E-state index is -1.16. The van der Waals surface area contributed by atoms with Gasteiger partial charge in [0.25, 0.3) is 0 Å². The van der Waals surface area contributed by atoms with E-state index in [0.29, 0.717) is 6.32 Å². The SMILES string of the molecule is BCC(C)OC(=O)/C=C/C(=O)O. The minimum absolute atomic E-state index is 0.170.